The van der Waals surface area contributed by atoms with E-state index in [-0.39, 0.29) is 11.8 Å². The smallest absolute Gasteiger partial charge is 0.243 e. The maximum atomic E-state index is 13.0. The molecule has 144 valence electrons. The largest absolute Gasteiger partial charge is 0.326 e. The average Bonchev–Trinajstić information content (AvgIpc) is 2.74. The van der Waals surface area contributed by atoms with E-state index >= 15 is 0 Å². The van der Waals surface area contributed by atoms with Crippen LogP contribution in [0.4, 0.5) is 5.69 Å². The summed E-state index contributed by atoms with van der Waals surface area (Å²) < 4.78 is 27.5. The number of hydrogen-bond acceptors (Lipinski definition) is 4. The van der Waals surface area contributed by atoms with Gasteiger partial charge in [0.25, 0.3) is 0 Å². The van der Waals surface area contributed by atoms with E-state index in [0.29, 0.717) is 36.5 Å². The summed E-state index contributed by atoms with van der Waals surface area (Å²) in [7, 11) is -3.57. The Morgan fingerprint density at radius 3 is 2.36 bits per heavy atom. The number of nitrogens with zero attached hydrogens (tertiary/aromatic N) is 2. The van der Waals surface area contributed by atoms with Crippen LogP contribution in [0.3, 0.4) is 0 Å². The van der Waals surface area contributed by atoms with Crippen molar-refractivity contribution in [3.63, 3.8) is 0 Å². The summed E-state index contributed by atoms with van der Waals surface area (Å²) in [6.45, 7) is 0.674. The molecule has 1 N–H and O–H groups in total. The fraction of sp³-hybridized carbons (Fsp3) is 0.238. The zero-order valence-electron chi connectivity index (χ0n) is 15.3. The molecule has 0 unspecified atom stereocenters. The quantitative estimate of drug-likeness (QED) is 0.735. The topological polar surface area (TPSA) is 79.4 Å². The number of sulfonamides is 1. The summed E-state index contributed by atoms with van der Waals surface area (Å²) in [5.41, 5.74) is 0.700. The lowest BCUT2D eigenvalue weighted by atomic mass is 9.97. The molecule has 1 aliphatic heterocycles. The highest BCUT2D eigenvalue weighted by atomic mass is 32.2. The van der Waals surface area contributed by atoms with Gasteiger partial charge in [-0.2, -0.15) is 4.31 Å². The van der Waals surface area contributed by atoms with E-state index in [1.807, 2.05) is 30.3 Å². The lowest BCUT2D eigenvalue weighted by Gasteiger charge is -2.30. The molecule has 0 radical (unpaired) electrons. The molecule has 0 aliphatic carbocycles. The third-order valence-electron chi connectivity index (χ3n) is 5.13. The van der Waals surface area contributed by atoms with Gasteiger partial charge in [0, 0.05) is 37.1 Å². The van der Waals surface area contributed by atoms with Gasteiger partial charge in [0.05, 0.1) is 4.90 Å². The molecule has 7 heteroatoms. The standard InChI is InChI=1S/C21H21N3O3S/c25-21(23-19-7-11-22-12-8-19)17-9-13-24(14-10-17)28(26,27)20-6-5-16-3-1-2-4-18(16)15-20/h1-8,11-12,15,17H,9-10,13-14H2,(H,22,23,25). The summed E-state index contributed by atoms with van der Waals surface area (Å²) in [5.74, 6) is -0.273. The molecule has 0 atom stereocenters. The number of carbonyl (C=O) groups excluding carboxylic acids is 1. The van der Waals surface area contributed by atoms with E-state index in [1.165, 1.54) is 4.31 Å². The highest BCUT2D eigenvalue weighted by Crippen LogP contribution is 2.26. The van der Waals surface area contributed by atoms with Gasteiger partial charge in [-0.15, -0.1) is 0 Å². The Hall–Kier alpha value is -2.77. The van der Waals surface area contributed by atoms with Gasteiger partial charge in [0.15, 0.2) is 0 Å². The molecule has 1 aromatic heterocycles. The predicted molar refractivity (Wildman–Crippen MR) is 108 cm³/mol. The second-order valence-electron chi connectivity index (χ2n) is 6.91. The number of rotatable bonds is 4. The molecule has 0 bridgehead atoms. The van der Waals surface area contributed by atoms with Gasteiger partial charge in [-0.05, 0) is 47.9 Å². The summed E-state index contributed by atoms with van der Waals surface area (Å²) in [6.07, 6.45) is 4.25. The van der Waals surface area contributed by atoms with Crippen molar-refractivity contribution in [1.29, 1.82) is 0 Å². The Morgan fingerprint density at radius 1 is 0.964 bits per heavy atom. The number of pyridine rings is 1. The normalized spacial score (nSPS) is 16.1. The van der Waals surface area contributed by atoms with Gasteiger partial charge in [-0.3, -0.25) is 9.78 Å². The first kappa shape index (κ1) is 18.6. The fourth-order valence-corrected chi connectivity index (χ4v) is 5.02. The van der Waals surface area contributed by atoms with Crippen molar-refractivity contribution >= 4 is 32.4 Å². The number of anilines is 1. The van der Waals surface area contributed by atoms with Gasteiger partial charge < -0.3 is 5.32 Å². The fourth-order valence-electron chi connectivity index (χ4n) is 3.51. The molecule has 1 saturated heterocycles. The van der Waals surface area contributed by atoms with E-state index in [0.717, 1.165) is 10.8 Å². The van der Waals surface area contributed by atoms with Crippen LogP contribution in [0.25, 0.3) is 10.8 Å². The Balaban J connectivity index is 1.44. The minimum Gasteiger partial charge on any atom is -0.326 e. The first-order valence-corrected chi connectivity index (χ1v) is 10.7. The number of nitrogens with one attached hydrogen (secondary N) is 1. The van der Waals surface area contributed by atoms with Crippen LogP contribution in [-0.4, -0.2) is 36.7 Å². The zero-order valence-corrected chi connectivity index (χ0v) is 16.1. The molecule has 1 aliphatic rings. The summed E-state index contributed by atoms with van der Waals surface area (Å²) in [4.78, 5) is 16.7. The Kier molecular flexibility index (Phi) is 5.11. The third-order valence-corrected chi connectivity index (χ3v) is 7.03. The second-order valence-corrected chi connectivity index (χ2v) is 8.85. The van der Waals surface area contributed by atoms with E-state index in [4.69, 9.17) is 0 Å². The predicted octanol–water partition coefficient (Wildman–Crippen LogP) is 3.27. The highest BCUT2D eigenvalue weighted by molar-refractivity contribution is 7.89. The number of benzene rings is 2. The molecular formula is C21H21N3O3S. The number of fused-ring (bicyclic) bond motifs is 1. The van der Waals surface area contributed by atoms with Gasteiger partial charge >= 0.3 is 0 Å². The van der Waals surface area contributed by atoms with Gasteiger partial charge in [0.2, 0.25) is 15.9 Å². The molecule has 4 rings (SSSR count). The van der Waals surface area contributed by atoms with Gasteiger partial charge in [-0.1, -0.05) is 30.3 Å². The van der Waals surface area contributed by atoms with Crippen molar-refractivity contribution in [2.45, 2.75) is 17.7 Å². The minimum atomic E-state index is -3.57. The van der Waals surface area contributed by atoms with Crippen molar-refractivity contribution in [3.8, 4) is 0 Å². The Labute approximate surface area is 164 Å². The lowest BCUT2D eigenvalue weighted by molar-refractivity contribution is -0.120. The molecule has 0 spiro atoms. The van der Waals surface area contributed by atoms with Crippen LogP contribution in [-0.2, 0) is 14.8 Å². The SMILES string of the molecule is O=C(Nc1ccncc1)C1CCN(S(=O)(=O)c2ccc3ccccc3c2)CC1. The summed E-state index contributed by atoms with van der Waals surface area (Å²) >= 11 is 0. The van der Waals surface area contributed by atoms with Crippen LogP contribution in [0, 0.1) is 5.92 Å². The van der Waals surface area contributed by atoms with Crippen LogP contribution in [0.15, 0.2) is 71.9 Å². The molecule has 2 aromatic carbocycles. The molecule has 0 saturated carbocycles. The van der Waals surface area contributed by atoms with Crippen LogP contribution < -0.4 is 5.32 Å². The third kappa shape index (κ3) is 3.76. The maximum absolute atomic E-state index is 13.0. The number of amides is 1. The molecule has 1 fully saturated rings. The van der Waals surface area contributed by atoms with E-state index in [9.17, 15) is 13.2 Å². The van der Waals surface area contributed by atoms with Crippen LogP contribution in [0.2, 0.25) is 0 Å². The maximum Gasteiger partial charge on any atom is 0.243 e. The molecule has 2 heterocycles. The zero-order chi connectivity index (χ0) is 19.6. The summed E-state index contributed by atoms with van der Waals surface area (Å²) in [6, 6.07) is 16.4. The van der Waals surface area contributed by atoms with Crippen molar-refractivity contribution in [3.05, 3.63) is 67.0 Å². The van der Waals surface area contributed by atoms with Crippen molar-refractivity contribution in [2.24, 2.45) is 5.92 Å². The summed E-state index contributed by atoms with van der Waals surface area (Å²) in [5, 5.41) is 4.78. The molecule has 1 amide bonds. The lowest BCUT2D eigenvalue weighted by Crippen LogP contribution is -2.41. The van der Waals surface area contributed by atoms with E-state index < -0.39 is 10.0 Å². The second kappa shape index (κ2) is 7.69. The first-order chi connectivity index (χ1) is 13.5. The first-order valence-electron chi connectivity index (χ1n) is 9.24. The Bertz CT molecular complexity index is 1090. The molecule has 28 heavy (non-hydrogen) atoms. The highest BCUT2D eigenvalue weighted by Gasteiger charge is 2.32. The molecular weight excluding hydrogens is 374 g/mol. The Morgan fingerprint density at radius 2 is 1.64 bits per heavy atom. The minimum absolute atomic E-state index is 0.0750. The molecule has 3 aromatic rings. The number of piperidine rings is 1. The number of aromatic nitrogens is 1. The van der Waals surface area contributed by atoms with Crippen LogP contribution in [0.1, 0.15) is 12.8 Å². The van der Waals surface area contributed by atoms with Gasteiger partial charge in [0.1, 0.15) is 0 Å². The van der Waals surface area contributed by atoms with Crippen LogP contribution >= 0.6 is 0 Å². The number of carbonyl (C=O) groups is 1. The van der Waals surface area contributed by atoms with E-state index in [2.05, 4.69) is 10.3 Å². The van der Waals surface area contributed by atoms with E-state index in [1.54, 1.807) is 36.7 Å². The van der Waals surface area contributed by atoms with Gasteiger partial charge in [-0.25, -0.2) is 8.42 Å². The van der Waals surface area contributed by atoms with Crippen molar-refractivity contribution in [1.82, 2.24) is 9.29 Å². The van der Waals surface area contributed by atoms with Crippen molar-refractivity contribution < 1.29 is 13.2 Å². The molecule has 6 nitrogen and oxygen atoms in total. The van der Waals surface area contributed by atoms with Crippen LogP contribution in [0.5, 0.6) is 0 Å². The van der Waals surface area contributed by atoms with Crippen molar-refractivity contribution in [2.75, 3.05) is 18.4 Å². The average molecular weight is 395 g/mol. The number of hydrogen-bond donors (Lipinski definition) is 1. The monoisotopic (exact) mass is 395 g/mol.